The fourth-order valence-electron chi connectivity index (χ4n) is 3.44. The lowest BCUT2D eigenvalue weighted by molar-refractivity contribution is -0.127. The van der Waals surface area contributed by atoms with Crippen LogP contribution in [0.1, 0.15) is 49.7 Å². The lowest BCUT2D eigenvalue weighted by Crippen LogP contribution is -2.44. The molecule has 0 spiro atoms. The van der Waals surface area contributed by atoms with E-state index in [1.54, 1.807) is 4.90 Å². The van der Waals surface area contributed by atoms with Gasteiger partial charge in [0.1, 0.15) is 0 Å². The number of piperidine rings is 1. The summed E-state index contributed by atoms with van der Waals surface area (Å²) in [5.74, 6) is -0.337. The van der Waals surface area contributed by atoms with E-state index in [2.05, 4.69) is 53.2 Å². The average molecular weight is 424 g/mol. The number of benzene rings is 1. The molecule has 1 unspecified atom stereocenters. The molecule has 0 radical (unpaired) electrons. The van der Waals surface area contributed by atoms with Crippen LogP contribution in [0.25, 0.3) is 0 Å². The Morgan fingerprint density at radius 2 is 1.94 bits per heavy atom. The standard InChI is InChI=1S/C22H29N7O2/c1-5-17(30)29-12-6-7-16(13-29)25-21-26-20(18(19(23)31)27-28-21)24-15-10-8-14(9-11-15)22(2,3)4/h5,8-11,16H,1,6-7,12-13H2,2-4H3,(H2,23,31)(H2,24,25,26,28). The molecular weight excluding hydrogens is 394 g/mol. The lowest BCUT2D eigenvalue weighted by Gasteiger charge is -2.32. The molecule has 31 heavy (non-hydrogen) atoms. The Balaban J connectivity index is 1.78. The number of anilines is 3. The number of nitrogens with one attached hydrogen (secondary N) is 2. The predicted octanol–water partition coefficient (Wildman–Crippen LogP) is 2.60. The van der Waals surface area contributed by atoms with Crippen LogP contribution in [-0.4, -0.2) is 51.0 Å². The van der Waals surface area contributed by atoms with Crippen LogP contribution >= 0.6 is 0 Å². The van der Waals surface area contributed by atoms with E-state index in [9.17, 15) is 9.59 Å². The smallest absolute Gasteiger partial charge is 0.273 e. The zero-order chi connectivity index (χ0) is 22.6. The topological polar surface area (TPSA) is 126 Å². The lowest BCUT2D eigenvalue weighted by atomic mass is 9.87. The van der Waals surface area contributed by atoms with Crippen LogP contribution in [0.5, 0.6) is 0 Å². The zero-order valence-electron chi connectivity index (χ0n) is 18.2. The van der Waals surface area contributed by atoms with Crippen LogP contribution in [0.15, 0.2) is 36.9 Å². The Bertz CT molecular complexity index is 967. The minimum absolute atomic E-state index is 0.0298. The Labute approximate surface area is 182 Å². The summed E-state index contributed by atoms with van der Waals surface area (Å²) in [5.41, 5.74) is 7.38. The van der Waals surface area contributed by atoms with Crippen LogP contribution < -0.4 is 16.4 Å². The van der Waals surface area contributed by atoms with Gasteiger partial charge in [0.2, 0.25) is 11.9 Å². The molecule has 1 aliphatic rings. The summed E-state index contributed by atoms with van der Waals surface area (Å²) in [7, 11) is 0. The van der Waals surface area contributed by atoms with Gasteiger partial charge in [-0.3, -0.25) is 9.59 Å². The van der Waals surface area contributed by atoms with E-state index in [1.807, 2.05) is 24.3 Å². The van der Waals surface area contributed by atoms with Crippen molar-refractivity contribution >= 4 is 29.3 Å². The number of carbonyl (C=O) groups excluding carboxylic acids is 2. The first-order valence-electron chi connectivity index (χ1n) is 10.3. The molecule has 1 atom stereocenters. The summed E-state index contributed by atoms with van der Waals surface area (Å²) in [6.07, 6.45) is 3.03. The molecule has 164 valence electrons. The molecular formula is C22H29N7O2. The highest BCUT2D eigenvalue weighted by atomic mass is 16.2. The highest BCUT2D eigenvalue weighted by Crippen LogP contribution is 2.25. The number of rotatable bonds is 6. The predicted molar refractivity (Wildman–Crippen MR) is 120 cm³/mol. The summed E-state index contributed by atoms with van der Waals surface area (Å²) >= 11 is 0. The molecule has 2 aromatic rings. The van der Waals surface area contributed by atoms with Crippen molar-refractivity contribution in [3.63, 3.8) is 0 Å². The molecule has 1 aromatic carbocycles. The Hall–Kier alpha value is -3.49. The van der Waals surface area contributed by atoms with Crippen molar-refractivity contribution in [1.82, 2.24) is 20.1 Å². The number of likely N-dealkylation sites (tertiary alicyclic amines) is 1. The maximum absolute atomic E-state index is 11.9. The molecule has 0 aliphatic carbocycles. The molecule has 3 rings (SSSR count). The molecule has 2 amide bonds. The molecule has 1 aromatic heterocycles. The molecule has 1 fully saturated rings. The summed E-state index contributed by atoms with van der Waals surface area (Å²) in [6.45, 7) is 11.2. The van der Waals surface area contributed by atoms with Crippen molar-refractivity contribution in [1.29, 1.82) is 0 Å². The third-order valence-corrected chi connectivity index (χ3v) is 5.17. The maximum Gasteiger partial charge on any atom is 0.273 e. The van der Waals surface area contributed by atoms with Crippen molar-refractivity contribution in [2.75, 3.05) is 23.7 Å². The molecule has 0 bridgehead atoms. The van der Waals surface area contributed by atoms with E-state index in [0.29, 0.717) is 13.1 Å². The summed E-state index contributed by atoms with van der Waals surface area (Å²) < 4.78 is 0. The number of nitrogens with two attached hydrogens (primary N) is 1. The van der Waals surface area contributed by atoms with Gasteiger partial charge in [-0.2, -0.15) is 4.98 Å². The third kappa shape index (κ3) is 5.56. The van der Waals surface area contributed by atoms with E-state index in [0.717, 1.165) is 18.5 Å². The van der Waals surface area contributed by atoms with Crippen molar-refractivity contribution in [3.8, 4) is 0 Å². The summed E-state index contributed by atoms with van der Waals surface area (Å²) in [6, 6.07) is 7.85. The quantitative estimate of drug-likeness (QED) is 0.610. The van der Waals surface area contributed by atoms with E-state index >= 15 is 0 Å². The van der Waals surface area contributed by atoms with Crippen LogP contribution in [0.2, 0.25) is 0 Å². The van der Waals surface area contributed by atoms with E-state index in [1.165, 1.54) is 11.6 Å². The van der Waals surface area contributed by atoms with Gasteiger partial charge in [0.25, 0.3) is 5.91 Å². The molecule has 2 heterocycles. The number of hydrogen-bond acceptors (Lipinski definition) is 7. The first kappa shape index (κ1) is 22.2. The van der Waals surface area contributed by atoms with Gasteiger partial charge in [-0.15, -0.1) is 10.2 Å². The zero-order valence-corrected chi connectivity index (χ0v) is 18.2. The first-order valence-corrected chi connectivity index (χ1v) is 10.3. The number of hydrogen-bond donors (Lipinski definition) is 3. The fraction of sp³-hybridized carbons (Fsp3) is 0.409. The van der Waals surface area contributed by atoms with Gasteiger partial charge >= 0.3 is 0 Å². The Morgan fingerprint density at radius 3 is 2.55 bits per heavy atom. The molecule has 1 saturated heterocycles. The van der Waals surface area contributed by atoms with Gasteiger partial charge < -0.3 is 21.3 Å². The molecule has 0 saturated carbocycles. The second-order valence-electron chi connectivity index (χ2n) is 8.62. The number of nitrogens with zero attached hydrogens (tertiary/aromatic N) is 4. The largest absolute Gasteiger partial charge is 0.364 e. The van der Waals surface area contributed by atoms with Gasteiger partial charge in [-0.1, -0.05) is 39.5 Å². The first-order chi connectivity index (χ1) is 14.7. The minimum Gasteiger partial charge on any atom is -0.364 e. The van der Waals surface area contributed by atoms with Crippen LogP contribution in [-0.2, 0) is 10.2 Å². The number of aromatic nitrogens is 3. The molecule has 9 heteroatoms. The third-order valence-electron chi connectivity index (χ3n) is 5.17. The number of carbonyl (C=O) groups is 2. The maximum atomic E-state index is 11.9. The van der Waals surface area contributed by atoms with Crippen molar-refractivity contribution in [2.24, 2.45) is 5.73 Å². The number of amides is 2. The van der Waals surface area contributed by atoms with Crippen molar-refractivity contribution in [2.45, 2.75) is 45.1 Å². The molecule has 9 nitrogen and oxygen atoms in total. The van der Waals surface area contributed by atoms with Crippen molar-refractivity contribution in [3.05, 3.63) is 48.2 Å². The van der Waals surface area contributed by atoms with Crippen molar-refractivity contribution < 1.29 is 9.59 Å². The fourth-order valence-corrected chi connectivity index (χ4v) is 3.44. The van der Waals surface area contributed by atoms with E-state index < -0.39 is 5.91 Å². The molecule has 4 N–H and O–H groups in total. The van der Waals surface area contributed by atoms with Gasteiger partial charge in [0.05, 0.1) is 0 Å². The summed E-state index contributed by atoms with van der Waals surface area (Å²) in [5, 5.41) is 14.3. The normalized spacial score (nSPS) is 16.5. The van der Waals surface area contributed by atoms with Gasteiger partial charge in [-0.25, -0.2) is 0 Å². The molecule has 1 aliphatic heterocycles. The number of primary amides is 1. The van der Waals surface area contributed by atoms with Gasteiger partial charge in [-0.05, 0) is 42.0 Å². The highest BCUT2D eigenvalue weighted by Gasteiger charge is 2.24. The monoisotopic (exact) mass is 423 g/mol. The second-order valence-corrected chi connectivity index (χ2v) is 8.62. The Kier molecular flexibility index (Phi) is 6.53. The average Bonchev–Trinajstić information content (AvgIpc) is 2.73. The van der Waals surface area contributed by atoms with Gasteiger partial charge in [0.15, 0.2) is 11.5 Å². The van der Waals surface area contributed by atoms with Crippen LogP contribution in [0, 0.1) is 0 Å². The highest BCUT2D eigenvalue weighted by molar-refractivity contribution is 5.96. The van der Waals surface area contributed by atoms with E-state index in [4.69, 9.17) is 5.73 Å². The second kappa shape index (κ2) is 9.11. The van der Waals surface area contributed by atoms with Crippen LogP contribution in [0.4, 0.5) is 17.5 Å². The minimum atomic E-state index is -0.721. The Morgan fingerprint density at radius 1 is 1.23 bits per heavy atom. The van der Waals surface area contributed by atoms with Crippen LogP contribution in [0.3, 0.4) is 0 Å². The SMILES string of the molecule is C=CC(=O)N1CCCC(Nc2nnc(C(N)=O)c(Nc3ccc(C(C)(C)C)cc3)n2)C1. The summed E-state index contributed by atoms with van der Waals surface area (Å²) in [4.78, 5) is 29.9. The van der Waals surface area contributed by atoms with Gasteiger partial charge in [0, 0.05) is 24.8 Å². The van der Waals surface area contributed by atoms with E-state index in [-0.39, 0.29) is 34.8 Å².